The van der Waals surface area contributed by atoms with E-state index in [1.807, 2.05) is 0 Å². The van der Waals surface area contributed by atoms with Crippen molar-refractivity contribution in [2.75, 3.05) is 7.05 Å². The van der Waals surface area contributed by atoms with Gasteiger partial charge in [-0.25, -0.2) is 0 Å². The highest BCUT2D eigenvalue weighted by Gasteiger charge is 2.60. The molecule has 0 saturated heterocycles. The van der Waals surface area contributed by atoms with Crippen LogP contribution in [-0.2, 0) is 0 Å². The maximum atomic E-state index is 3.49. The fourth-order valence-corrected chi connectivity index (χ4v) is 3.64. The van der Waals surface area contributed by atoms with E-state index in [1.165, 1.54) is 19.3 Å². The summed E-state index contributed by atoms with van der Waals surface area (Å²) >= 11 is 0. The van der Waals surface area contributed by atoms with E-state index in [0.29, 0.717) is 10.8 Å². The third kappa shape index (κ3) is 0.736. The molecule has 12 heavy (non-hydrogen) atoms. The molecule has 0 heterocycles. The quantitative estimate of drug-likeness (QED) is 0.632. The van der Waals surface area contributed by atoms with Gasteiger partial charge in [-0.2, -0.15) is 0 Å². The molecule has 1 heteroatoms. The molecule has 2 aliphatic rings. The first-order valence-electron chi connectivity index (χ1n) is 5.19. The molecule has 70 valence electrons. The SMILES string of the molecule is CN[C@H]1C[C@H]2CC[C@@]1(C)C2(C)C. The Labute approximate surface area is 75.9 Å². The van der Waals surface area contributed by atoms with Crippen LogP contribution in [0.3, 0.4) is 0 Å². The zero-order valence-electron chi connectivity index (χ0n) is 8.78. The molecule has 0 aromatic heterocycles. The first kappa shape index (κ1) is 8.55. The molecule has 2 aliphatic carbocycles. The van der Waals surface area contributed by atoms with Crippen molar-refractivity contribution in [1.82, 2.24) is 5.32 Å². The Hall–Kier alpha value is -0.0400. The molecule has 2 fully saturated rings. The first-order valence-corrected chi connectivity index (χ1v) is 5.19. The van der Waals surface area contributed by atoms with Crippen LogP contribution in [0.15, 0.2) is 0 Å². The molecule has 0 spiro atoms. The Morgan fingerprint density at radius 2 is 1.92 bits per heavy atom. The third-order valence-corrected chi connectivity index (χ3v) is 5.14. The Bertz CT molecular complexity index is 197. The lowest BCUT2D eigenvalue weighted by Gasteiger charge is -2.39. The van der Waals surface area contributed by atoms with Gasteiger partial charge in [0.25, 0.3) is 0 Å². The normalized spacial score (nSPS) is 50.0. The molecule has 2 bridgehead atoms. The lowest BCUT2D eigenvalue weighted by Crippen LogP contribution is -2.42. The van der Waals surface area contributed by atoms with E-state index in [2.05, 4.69) is 33.1 Å². The summed E-state index contributed by atoms with van der Waals surface area (Å²) in [6.45, 7) is 7.39. The predicted octanol–water partition coefficient (Wildman–Crippen LogP) is 2.42. The van der Waals surface area contributed by atoms with Crippen LogP contribution in [0.2, 0.25) is 0 Å². The Morgan fingerprint density at radius 1 is 1.25 bits per heavy atom. The summed E-state index contributed by atoms with van der Waals surface area (Å²) in [5, 5.41) is 3.49. The standard InChI is InChI=1S/C11H21N/c1-10(2)8-5-6-11(10,3)9(7-8)12-4/h8-9,12H,5-7H2,1-4H3/t8-,9+,11-/m1/s1. The van der Waals surface area contributed by atoms with Gasteiger partial charge in [0, 0.05) is 6.04 Å². The van der Waals surface area contributed by atoms with E-state index in [0.717, 1.165) is 12.0 Å². The molecule has 0 amide bonds. The molecule has 2 rings (SSSR count). The van der Waals surface area contributed by atoms with Crippen LogP contribution >= 0.6 is 0 Å². The molecule has 0 aliphatic heterocycles. The highest BCUT2D eigenvalue weighted by molar-refractivity contribution is 5.12. The fraction of sp³-hybridized carbons (Fsp3) is 1.00. The Balaban J connectivity index is 2.33. The maximum absolute atomic E-state index is 3.49. The zero-order chi connectivity index (χ0) is 8.98. The maximum Gasteiger partial charge on any atom is 0.0126 e. The monoisotopic (exact) mass is 167 g/mol. The summed E-state index contributed by atoms with van der Waals surface area (Å²) in [4.78, 5) is 0. The lowest BCUT2D eigenvalue weighted by molar-refractivity contribution is 0.125. The first-order chi connectivity index (χ1) is 5.52. The summed E-state index contributed by atoms with van der Waals surface area (Å²) in [6, 6.07) is 0.770. The number of nitrogens with one attached hydrogen (secondary N) is 1. The summed E-state index contributed by atoms with van der Waals surface area (Å²) in [5.41, 5.74) is 1.13. The largest absolute Gasteiger partial charge is 0.316 e. The topological polar surface area (TPSA) is 12.0 Å². The summed E-state index contributed by atoms with van der Waals surface area (Å²) < 4.78 is 0. The van der Waals surface area contributed by atoms with Gasteiger partial charge in [-0.05, 0) is 43.1 Å². The number of fused-ring (bicyclic) bond motifs is 2. The predicted molar refractivity (Wildman–Crippen MR) is 52.1 cm³/mol. The van der Waals surface area contributed by atoms with E-state index in [-0.39, 0.29) is 0 Å². The van der Waals surface area contributed by atoms with Crippen LogP contribution in [0.1, 0.15) is 40.0 Å². The van der Waals surface area contributed by atoms with Gasteiger partial charge in [0.1, 0.15) is 0 Å². The number of hydrogen-bond acceptors (Lipinski definition) is 1. The van der Waals surface area contributed by atoms with Gasteiger partial charge in [0.15, 0.2) is 0 Å². The second kappa shape index (κ2) is 2.25. The van der Waals surface area contributed by atoms with Crippen molar-refractivity contribution < 1.29 is 0 Å². The fourth-order valence-electron chi connectivity index (χ4n) is 3.64. The van der Waals surface area contributed by atoms with Crippen molar-refractivity contribution in [2.24, 2.45) is 16.7 Å². The molecule has 2 saturated carbocycles. The van der Waals surface area contributed by atoms with E-state index >= 15 is 0 Å². The second-order valence-electron chi connectivity index (χ2n) is 5.45. The van der Waals surface area contributed by atoms with Crippen LogP contribution < -0.4 is 5.32 Å². The minimum atomic E-state index is 0.562. The van der Waals surface area contributed by atoms with Gasteiger partial charge < -0.3 is 5.32 Å². The van der Waals surface area contributed by atoms with Crippen LogP contribution in [0, 0.1) is 16.7 Å². The van der Waals surface area contributed by atoms with Crippen molar-refractivity contribution in [3.8, 4) is 0 Å². The molecule has 3 atom stereocenters. The van der Waals surface area contributed by atoms with Crippen molar-refractivity contribution >= 4 is 0 Å². The van der Waals surface area contributed by atoms with Crippen molar-refractivity contribution in [2.45, 2.75) is 46.1 Å². The number of rotatable bonds is 1. The minimum absolute atomic E-state index is 0.562. The molecule has 1 N–H and O–H groups in total. The van der Waals surface area contributed by atoms with Gasteiger partial charge in [0.2, 0.25) is 0 Å². The highest BCUT2D eigenvalue weighted by atomic mass is 14.9. The van der Waals surface area contributed by atoms with Gasteiger partial charge in [0.05, 0.1) is 0 Å². The van der Waals surface area contributed by atoms with Crippen LogP contribution in [0.5, 0.6) is 0 Å². The molecule has 0 radical (unpaired) electrons. The second-order valence-corrected chi connectivity index (χ2v) is 5.45. The van der Waals surface area contributed by atoms with Crippen LogP contribution in [0.4, 0.5) is 0 Å². The highest BCUT2D eigenvalue weighted by Crippen LogP contribution is 2.65. The Kier molecular flexibility index (Phi) is 1.61. The van der Waals surface area contributed by atoms with Crippen LogP contribution in [0.25, 0.3) is 0 Å². The average Bonchev–Trinajstić information content (AvgIpc) is 2.34. The van der Waals surface area contributed by atoms with E-state index in [9.17, 15) is 0 Å². The molecular formula is C11H21N. The third-order valence-electron chi connectivity index (χ3n) is 5.14. The summed E-state index contributed by atoms with van der Waals surface area (Å²) in [5.74, 6) is 0.972. The Morgan fingerprint density at radius 3 is 2.17 bits per heavy atom. The smallest absolute Gasteiger partial charge is 0.0126 e. The lowest BCUT2D eigenvalue weighted by atomic mass is 9.69. The average molecular weight is 167 g/mol. The molecule has 0 aromatic carbocycles. The van der Waals surface area contributed by atoms with Crippen LogP contribution in [-0.4, -0.2) is 13.1 Å². The molecule has 0 aromatic rings. The summed E-state index contributed by atoms with van der Waals surface area (Å²) in [7, 11) is 2.12. The van der Waals surface area contributed by atoms with Gasteiger partial charge in [-0.1, -0.05) is 20.8 Å². The van der Waals surface area contributed by atoms with E-state index in [1.54, 1.807) is 0 Å². The minimum Gasteiger partial charge on any atom is -0.316 e. The molecule has 1 nitrogen and oxygen atoms in total. The number of hydrogen-bond donors (Lipinski definition) is 1. The van der Waals surface area contributed by atoms with Gasteiger partial charge in [-0.3, -0.25) is 0 Å². The molecule has 0 unspecified atom stereocenters. The van der Waals surface area contributed by atoms with Gasteiger partial charge >= 0.3 is 0 Å². The summed E-state index contributed by atoms with van der Waals surface area (Å²) in [6.07, 6.45) is 4.29. The van der Waals surface area contributed by atoms with E-state index in [4.69, 9.17) is 0 Å². The van der Waals surface area contributed by atoms with Crippen molar-refractivity contribution in [3.05, 3.63) is 0 Å². The van der Waals surface area contributed by atoms with Gasteiger partial charge in [-0.15, -0.1) is 0 Å². The van der Waals surface area contributed by atoms with E-state index < -0.39 is 0 Å². The molecular weight excluding hydrogens is 146 g/mol. The zero-order valence-corrected chi connectivity index (χ0v) is 8.78. The van der Waals surface area contributed by atoms with Crippen molar-refractivity contribution in [1.29, 1.82) is 0 Å². The van der Waals surface area contributed by atoms with Crippen molar-refractivity contribution in [3.63, 3.8) is 0 Å².